The molecular formula is C16H29N3O2. The Morgan fingerprint density at radius 2 is 1.95 bits per heavy atom. The van der Waals surface area contributed by atoms with Gasteiger partial charge in [0.25, 0.3) is 0 Å². The zero-order valence-electron chi connectivity index (χ0n) is 14.3. The lowest BCUT2D eigenvalue weighted by atomic mass is 9.92. The molecule has 1 heterocycles. The van der Waals surface area contributed by atoms with E-state index < -0.39 is 5.60 Å². The van der Waals surface area contributed by atoms with E-state index in [1.54, 1.807) is 6.92 Å². The Morgan fingerprint density at radius 3 is 2.38 bits per heavy atom. The van der Waals surface area contributed by atoms with Gasteiger partial charge < -0.3 is 10.4 Å². The lowest BCUT2D eigenvalue weighted by Gasteiger charge is -2.28. The smallest absolute Gasteiger partial charge is 0.223 e. The number of aromatic nitrogens is 2. The van der Waals surface area contributed by atoms with Crippen molar-refractivity contribution in [1.29, 1.82) is 0 Å². The average molecular weight is 295 g/mol. The maximum absolute atomic E-state index is 12.2. The molecule has 0 aliphatic heterocycles. The van der Waals surface area contributed by atoms with Crippen molar-refractivity contribution in [1.82, 2.24) is 15.1 Å². The summed E-state index contributed by atoms with van der Waals surface area (Å²) >= 11 is 0. The van der Waals surface area contributed by atoms with E-state index in [-0.39, 0.29) is 24.3 Å². The summed E-state index contributed by atoms with van der Waals surface area (Å²) in [5.41, 5.74) is 2.33. The highest BCUT2D eigenvalue weighted by atomic mass is 16.3. The number of rotatable bonds is 6. The summed E-state index contributed by atoms with van der Waals surface area (Å²) in [6.45, 7) is 11.8. The van der Waals surface area contributed by atoms with E-state index in [9.17, 15) is 9.90 Å². The van der Waals surface area contributed by atoms with Gasteiger partial charge in [-0.2, -0.15) is 5.10 Å². The minimum absolute atomic E-state index is 0.0291. The molecule has 0 aliphatic rings. The van der Waals surface area contributed by atoms with Crippen molar-refractivity contribution in [3.05, 3.63) is 17.0 Å². The van der Waals surface area contributed by atoms with E-state index in [0.29, 0.717) is 6.42 Å². The van der Waals surface area contributed by atoms with Gasteiger partial charge in [-0.05, 0) is 38.7 Å². The van der Waals surface area contributed by atoms with Crippen LogP contribution >= 0.6 is 0 Å². The topological polar surface area (TPSA) is 67.2 Å². The number of aliphatic hydroxyl groups is 1. The summed E-state index contributed by atoms with van der Waals surface area (Å²) in [7, 11) is 1.91. The van der Waals surface area contributed by atoms with Crippen LogP contribution in [0, 0.1) is 25.7 Å². The number of nitrogens with zero attached hydrogens (tertiary/aromatic N) is 2. The van der Waals surface area contributed by atoms with Gasteiger partial charge in [-0.3, -0.25) is 9.48 Å². The van der Waals surface area contributed by atoms with E-state index in [4.69, 9.17) is 0 Å². The van der Waals surface area contributed by atoms with Crippen molar-refractivity contribution < 1.29 is 9.90 Å². The second-order valence-corrected chi connectivity index (χ2v) is 6.61. The van der Waals surface area contributed by atoms with Gasteiger partial charge in [-0.15, -0.1) is 0 Å². The molecule has 1 aromatic heterocycles. The number of amides is 1. The summed E-state index contributed by atoms with van der Waals surface area (Å²) in [6, 6.07) is 0. The third kappa shape index (κ3) is 4.30. The van der Waals surface area contributed by atoms with Gasteiger partial charge in [0.1, 0.15) is 0 Å². The first-order valence-electron chi connectivity index (χ1n) is 7.55. The van der Waals surface area contributed by atoms with Crippen LogP contribution in [0.3, 0.4) is 0 Å². The van der Waals surface area contributed by atoms with Crippen LogP contribution in [0.4, 0.5) is 0 Å². The normalized spacial score (nSPS) is 15.9. The highest BCUT2D eigenvalue weighted by Crippen LogP contribution is 2.18. The molecule has 0 aliphatic carbocycles. The van der Waals surface area contributed by atoms with Gasteiger partial charge in [-0.1, -0.05) is 20.8 Å². The van der Waals surface area contributed by atoms with E-state index >= 15 is 0 Å². The zero-order chi connectivity index (χ0) is 16.4. The molecule has 0 bridgehead atoms. The molecule has 0 aromatic carbocycles. The molecule has 0 saturated heterocycles. The number of hydrogen-bond acceptors (Lipinski definition) is 3. The summed E-state index contributed by atoms with van der Waals surface area (Å²) in [6.07, 6.45) is 0.668. The first-order chi connectivity index (χ1) is 9.56. The molecule has 2 unspecified atom stereocenters. The van der Waals surface area contributed by atoms with Crippen molar-refractivity contribution in [2.24, 2.45) is 18.9 Å². The van der Waals surface area contributed by atoms with Crippen molar-refractivity contribution in [3.63, 3.8) is 0 Å². The predicted octanol–water partition coefficient (Wildman–Crippen LogP) is 1.74. The molecule has 2 N–H and O–H groups in total. The molecule has 1 aromatic rings. The van der Waals surface area contributed by atoms with Gasteiger partial charge in [0, 0.05) is 25.2 Å². The van der Waals surface area contributed by atoms with Crippen LogP contribution in [0.15, 0.2) is 0 Å². The molecule has 1 rings (SSSR count). The minimum Gasteiger partial charge on any atom is -0.388 e. The van der Waals surface area contributed by atoms with Crippen LogP contribution in [0.5, 0.6) is 0 Å². The van der Waals surface area contributed by atoms with Gasteiger partial charge in [-0.25, -0.2) is 0 Å². The van der Waals surface area contributed by atoms with E-state index in [1.165, 1.54) is 0 Å². The third-order valence-corrected chi connectivity index (χ3v) is 4.48. The number of hydrogen-bond donors (Lipinski definition) is 2. The highest BCUT2D eigenvalue weighted by Gasteiger charge is 2.26. The second kappa shape index (κ2) is 6.60. The lowest BCUT2D eigenvalue weighted by molar-refractivity contribution is -0.126. The standard InChI is InChI=1S/C16H29N3O2/c1-10(2)16(6,21)9-17-15(20)11(3)8-14-12(4)18-19(7)13(14)5/h10-11,21H,8-9H2,1-7H3,(H,17,20). The largest absolute Gasteiger partial charge is 0.388 e. The van der Waals surface area contributed by atoms with Gasteiger partial charge in [0.15, 0.2) is 0 Å². The van der Waals surface area contributed by atoms with Gasteiger partial charge in [0.05, 0.1) is 11.3 Å². The van der Waals surface area contributed by atoms with Crippen molar-refractivity contribution in [2.45, 2.75) is 53.6 Å². The van der Waals surface area contributed by atoms with E-state index in [1.807, 2.05) is 46.3 Å². The maximum atomic E-state index is 12.2. The minimum atomic E-state index is -0.879. The SMILES string of the molecule is Cc1nn(C)c(C)c1CC(C)C(=O)NCC(C)(O)C(C)C. The van der Waals surface area contributed by atoms with Gasteiger partial charge >= 0.3 is 0 Å². The monoisotopic (exact) mass is 295 g/mol. The second-order valence-electron chi connectivity index (χ2n) is 6.61. The highest BCUT2D eigenvalue weighted by molar-refractivity contribution is 5.78. The first kappa shape index (κ1) is 17.7. The summed E-state index contributed by atoms with van der Waals surface area (Å²) in [5, 5.41) is 17.4. The maximum Gasteiger partial charge on any atom is 0.223 e. The molecule has 0 fully saturated rings. The Bertz CT molecular complexity index is 504. The van der Waals surface area contributed by atoms with E-state index in [0.717, 1.165) is 17.0 Å². The van der Waals surface area contributed by atoms with Crippen LogP contribution in [0.1, 0.15) is 44.6 Å². The molecule has 2 atom stereocenters. The van der Waals surface area contributed by atoms with Crippen LogP contribution in [-0.4, -0.2) is 32.9 Å². The van der Waals surface area contributed by atoms with Crippen LogP contribution in [0.25, 0.3) is 0 Å². The molecule has 0 spiro atoms. The van der Waals surface area contributed by atoms with Crippen molar-refractivity contribution in [2.75, 3.05) is 6.54 Å². The van der Waals surface area contributed by atoms with Crippen LogP contribution in [0.2, 0.25) is 0 Å². The molecule has 0 saturated carbocycles. The first-order valence-corrected chi connectivity index (χ1v) is 7.55. The summed E-state index contributed by atoms with van der Waals surface area (Å²) in [4.78, 5) is 12.2. The lowest BCUT2D eigenvalue weighted by Crippen LogP contribution is -2.45. The Kier molecular flexibility index (Phi) is 5.56. The van der Waals surface area contributed by atoms with Crippen LogP contribution in [-0.2, 0) is 18.3 Å². The van der Waals surface area contributed by atoms with Gasteiger partial charge in [0.2, 0.25) is 5.91 Å². The number of nitrogens with one attached hydrogen (secondary N) is 1. The molecule has 21 heavy (non-hydrogen) atoms. The summed E-state index contributed by atoms with van der Waals surface area (Å²) in [5.74, 6) is -0.0796. The number of carbonyl (C=O) groups excluding carboxylic acids is 1. The predicted molar refractivity (Wildman–Crippen MR) is 84.0 cm³/mol. The Balaban J connectivity index is 2.63. The Labute approximate surface area is 127 Å². The zero-order valence-corrected chi connectivity index (χ0v) is 14.3. The fourth-order valence-corrected chi connectivity index (χ4v) is 2.16. The van der Waals surface area contributed by atoms with E-state index in [2.05, 4.69) is 10.4 Å². The molecule has 5 nitrogen and oxygen atoms in total. The Morgan fingerprint density at radius 1 is 1.38 bits per heavy atom. The Hall–Kier alpha value is -1.36. The fourth-order valence-electron chi connectivity index (χ4n) is 2.16. The quantitative estimate of drug-likeness (QED) is 0.840. The molecule has 0 radical (unpaired) electrons. The van der Waals surface area contributed by atoms with Crippen LogP contribution < -0.4 is 5.32 Å². The van der Waals surface area contributed by atoms with Crippen molar-refractivity contribution >= 4 is 5.91 Å². The number of aryl methyl sites for hydroxylation is 2. The molecule has 120 valence electrons. The van der Waals surface area contributed by atoms with Crippen molar-refractivity contribution in [3.8, 4) is 0 Å². The average Bonchev–Trinajstić information content (AvgIpc) is 2.62. The summed E-state index contributed by atoms with van der Waals surface area (Å²) < 4.78 is 1.85. The molecule has 5 heteroatoms. The molecule has 1 amide bonds. The third-order valence-electron chi connectivity index (χ3n) is 4.48. The molecular weight excluding hydrogens is 266 g/mol. The fraction of sp³-hybridized carbons (Fsp3) is 0.750. The number of carbonyl (C=O) groups is 1.